The first kappa shape index (κ1) is 17.5. The average molecular weight is 368 g/mol. The molecular weight excluding hydrogens is 344 g/mol. The number of rotatable bonds is 4. The molecule has 4 heterocycles. The molecule has 8 nitrogen and oxygen atoms in total. The van der Waals surface area contributed by atoms with Crippen molar-refractivity contribution in [2.45, 2.75) is 39.2 Å². The molecule has 1 saturated heterocycles. The van der Waals surface area contributed by atoms with E-state index < -0.39 is 0 Å². The van der Waals surface area contributed by atoms with Crippen LogP contribution in [0.3, 0.4) is 0 Å². The topological polar surface area (TPSA) is 82.0 Å². The summed E-state index contributed by atoms with van der Waals surface area (Å²) in [7, 11) is 2.00. The van der Waals surface area contributed by atoms with E-state index in [1.165, 1.54) is 0 Å². The maximum atomic E-state index is 12.7. The van der Waals surface area contributed by atoms with Gasteiger partial charge in [0.15, 0.2) is 5.82 Å². The van der Waals surface area contributed by atoms with Crippen molar-refractivity contribution >= 4 is 5.91 Å². The Morgan fingerprint density at radius 1 is 1.26 bits per heavy atom. The lowest BCUT2D eigenvalue weighted by atomic mass is 9.95. The quantitative estimate of drug-likeness (QED) is 0.706. The van der Waals surface area contributed by atoms with Crippen LogP contribution in [0, 0.1) is 13.8 Å². The van der Waals surface area contributed by atoms with Crippen molar-refractivity contribution in [1.29, 1.82) is 0 Å². The van der Waals surface area contributed by atoms with Crippen LogP contribution in [0.1, 0.15) is 52.3 Å². The first-order valence-corrected chi connectivity index (χ1v) is 9.25. The summed E-state index contributed by atoms with van der Waals surface area (Å²) in [4.78, 5) is 14.7. The van der Waals surface area contributed by atoms with Crippen molar-refractivity contribution in [3.63, 3.8) is 0 Å². The van der Waals surface area contributed by atoms with Crippen LogP contribution in [0.4, 0.5) is 0 Å². The van der Waals surface area contributed by atoms with Gasteiger partial charge in [-0.05, 0) is 38.8 Å². The van der Waals surface area contributed by atoms with E-state index in [-0.39, 0.29) is 5.91 Å². The molecule has 0 atom stereocenters. The highest BCUT2D eigenvalue weighted by molar-refractivity contribution is 5.95. The third-order valence-electron chi connectivity index (χ3n) is 5.28. The first-order valence-electron chi connectivity index (χ1n) is 9.25. The van der Waals surface area contributed by atoms with Crippen LogP contribution >= 0.6 is 0 Å². The van der Waals surface area contributed by atoms with Crippen LogP contribution in [0.15, 0.2) is 28.9 Å². The molecule has 142 valence electrons. The normalized spacial score (nSPS) is 15.4. The predicted octanol–water partition coefficient (Wildman–Crippen LogP) is 2.29. The van der Waals surface area contributed by atoms with E-state index in [9.17, 15) is 4.79 Å². The van der Waals surface area contributed by atoms with Crippen molar-refractivity contribution in [2.75, 3.05) is 13.1 Å². The van der Waals surface area contributed by atoms with Crippen LogP contribution in [0.2, 0.25) is 0 Å². The second-order valence-electron chi connectivity index (χ2n) is 7.13. The molecule has 0 spiro atoms. The van der Waals surface area contributed by atoms with Crippen molar-refractivity contribution < 1.29 is 9.21 Å². The Balaban J connectivity index is 1.41. The molecule has 1 aliphatic heterocycles. The second-order valence-corrected chi connectivity index (χ2v) is 7.13. The smallest absolute Gasteiger partial charge is 0.257 e. The van der Waals surface area contributed by atoms with Gasteiger partial charge in [0.2, 0.25) is 0 Å². The molecule has 1 amide bonds. The van der Waals surface area contributed by atoms with E-state index in [0.717, 1.165) is 30.3 Å². The number of amides is 1. The van der Waals surface area contributed by atoms with E-state index in [4.69, 9.17) is 4.42 Å². The summed E-state index contributed by atoms with van der Waals surface area (Å²) in [5.74, 6) is 3.70. The van der Waals surface area contributed by atoms with E-state index in [1.807, 2.05) is 48.8 Å². The van der Waals surface area contributed by atoms with Gasteiger partial charge in [-0.25, -0.2) is 0 Å². The Bertz CT molecular complexity index is 932. The third kappa shape index (κ3) is 3.39. The van der Waals surface area contributed by atoms with Crippen molar-refractivity contribution in [1.82, 2.24) is 29.4 Å². The number of likely N-dealkylation sites (tertiary alicyclic amines) is 1. The van der Waals surface area contributed by atoms with Crippen molar-refractivity contribution in [2.24, 2.45) is 7.05 Å². The highest BCUT2D eigenvalue weighted by Crippen LogP contribution is 2.28. The van der Waals surface area contributed by atoms with Crippen molar-refractivity contribution in [3.8, 4) is 0 Å². The Morgan fingerprint density at radius 2 is 2.04 bits per heavy atom. The summed E-state index contributed by atoms with van der Waals surface area (Å²) in [5, 5.41) is 13.0. The summed E-state index contributed by atoms with van der Waals surface area (Å²) in [6.45, 7) is 5.74. The van der Waals surface area contributed by atoms with Gasteiger partial charge in [-0.2, -0.15) is 5.10 Å². The zero-order valence-electron chi connectivity index (χ0n) is 15.9. The Hall–Kier alpha value is -2.90. The van der Waals surface area contributed by atoms with Crippen LogP contribution in [0.25, 0.3) is 0 Å². The molecule has 8 heteroatoms. The van der Waals surface area contributed by atoms with Crippen LogP contribution < -0.4 is 0 Å². The molecule has 0 N–H and O–H groups in total. The number of nitrogens with zero attached hydrogens (tertiary/aromatic N) is 6. The summed E-state index contributed by atoms with van der Waals surface area (Å²) in [6.07, 6.45) is 5.44. The highest BCUT2D eigenvalue weighted by atomic mass is 16.3. The van der Waals surface area contributed by atoms with Crippen LogP contribution in [0.5, 0.6) is 0 Å². The summed E-state index contributed by atoms with van der Waals surface area (Å²) in [6, 6.07) is 3.72. The van der Waals surface area contributed by atoms with Gasteiger partial charge in [0.1, 0.15) is 23.9 Å². The zero-order chi connectivity index (χ0) is 19.0. The SMILES string of the molecule is Cc1cc(C(=O)N2CCC(c3nnc(Cn4cccn4)n3C)CC2)c(C)o1. The molecule has 0 saturated carbocycles. The Morgan fingerprint density at radius 3 is 2.67 bits per heavy atom. The van der Waals surface area contributed by atoms with Gasteiger partial charge in [-0.15, -0.1) is 10.2 Å². The van der Waals surface area contributed by atoms with Gasteiger partial charge in [-0.3, -0.25) is 9.48 Å². The lowest BCUT2D eigenvalue weighted by molar-refractivity contribution is 0.0708. The zero-order valence-corrected chi connectivity index (χ0v) is 15.9. The molecule has 0 bridgehead atoms. The number of aryl methyl sites for hydroxylation is 2. The molecule has 3 aromatic rings. The fraction of sp³-hybridized carbons (Fsp3) is 0.474. The van der Waals surface area contributed by atoms with Gasteiger partial charge < -0.3 is 13.9 Å². The minimum atomic E-state index is 0.0557. The maximum absolute atomic E-state index is 12.7. The molecule has 1 fully saturated rings. The van der Waals surface area contributed by atoms with E-state index >= 15 is 0 Å². The molecule has 0 aliphatic carbocycles. The largest absolute Gasteiger partial charge is 0.466 e. The van der Waals surface area contributed by atoms with Crippen LogP contribution in [-0.2, 0) is 13.6 Å². The fourth-order valence-electron chi connectivity index (χ4n) is 3.76. The number of carbonyl (C=O) groups is 1. The average Bonchev–Trinajstić information content (AvgIpc) is 3.37. The minimum Gasteiger partial charge on any atom is -0.466 e. The lowest BCUT2D eigenvalue weighted by Crippen LogP contribution is -2.38. The number of hydrogen-bond donors (Lipinski definition) is 0. The minimum absolute atomic E-state index is 0.0557. The molecule has 4 rings (SSSR count). The van der Waals surface area contributed by atoms with Crippen molar-refractivity contribution in [3.05, 3.63) is 53.3 Å². The molecular formula is C19H24N6O2. The lowest BCUT2D eigenvalue weighted by Gasteiger charge is -2.31. The number of hydrogen-bond acceptors (Lipinski definition) is 5. The first-order chi connectivity index (χ1) is 13.0. The van der Waals surface area contributed by atoms with Gasteiger partial charge >= 0.3 is 0 Å². The molecule has 27 heavy (non-hydrogen) atoms. The molecule has 3 aromatic heterocycles. The molecule has 0 unspecified atom stereocenters. The predicted molar refractivity (Wildman–Crippen MR) is 98.4 cm³/mol. The molecule has 1 aliphatic rings. The fourth-order valence-corrected chi connectivity index (χ4v) is 3.76. The summed E-state index contributed by atoms with van der Waals surface area (Å²) < 4.78 is 9.40. The number of aromatic nitrogens is 5. The van der Waals surface area contributed by atoms with Crippen LogP contribution in [-0.4, -0.2) is 48.4 Å². The highest BCUT2D eigenvalue weighted by Gasteiger charge is 2.29. The Kier molecular flexibility index (Phi) is 4.55. The Labute approximate surface area is 157 Å². The van der Waals surface area contributed by atoms with Gasteiger partial charge in [-0.1, -0.05) is 0 Å². The third-order valence-corrected chi connectivity index (χ3v) is 5.28. The molecule has 0 radical (unpaired) electrons. The molecule has 0 aromatic carbocycles. The van der Waals surface area contributed by atoms with Gasteiger partial charge in [0.25, 0.3) is 5.91 Å². The summed E-state index contributed by atoms with van der Waals surface area (Å²) >= 11 is 0. The van der Waals surface area contributed by atoms with E-state index in [0.29, 0.717) is 36.9 Å². The number of carbonyl (C=O) groups excluding carboxylic acids is 1. The van der Waals surface area contributed by atoms with E-state index in [1.54, 1.807) is 6.20 Å². The monoisotopic (exact) mass is 368 g/mol. The number of furan rings is 1. The number of piperidine rings is 1. The summed E-state index contributed by atoms with van der Waals surface area (Å²) in [5.41, 5.74) is 0.672. The standard InChI is InChI=1S/C19H24N6O2/c1-13-11-16(14(2)27-13)19(26)24-9-5-15(6-10-24)18-22-21-17(23(18)3)12-25-8-4-7-20-25/h4,7-8,11,15H,5-6,9-10,12H2,1-3H3. The maximum Gasteiger partial charge on any atom is 0.257 e. The van der Waals surface area contributed by atoms with E-state index in [2.05, 4.69) is 19.9 Å². The van der Waals surface area contributed by atoms with Gasteiger partial charge in [0.05, 0.1) is 5.56 Å². The second kappa shape index (κ2) is 7.02. The van der Waals surface area contributed by atoms with Gasteiger partial charge in [0, 0.05) is 38.4 Å².